The number of aryl methyl sites for hydroxylation is 2. The first kappa shape index (κ1) is 16.4. The molecule has 3 heteroatoms. The lowest BCUT2D eigenvalue weighted by Crippen LogP contribution is -2.09. The highest BCUT2D eigenvalue weighted by Gasteiger charge is 2.24. The third-order valence-electron chi connectivity index (χ3n) is 3.03. The maximum Gasteiger partial charge on any atom is 0.333 e. The van der Waals surface area contributed by atoms with Gasteiger partial charge in [-0.3, -0.25) is 0 Å². The van der Waals surface area contributed by atoms with Gasteiger partial charge in [0.25, 0.3) is 0 Å². The predicted octanol–water partition coefficient (Wildman–Crippen LogP) is 3.32. The second-order valence-electron chi connectivity index (χ2n) is 4.81. The zero-order valence-corrected chi connectivity index (χ0v) is 12.6. The van der Waals surface area contributed by atoms with E-state index in [1.165, 1.54) is 11.1 Å². The van der Waals surface area contributed by atoms with Crippen LogP contribution in [-0.2, 0) is 27.1 Å². The van der Waals surface area contributed by atoms with E-state index in [1.54, 1.807) is 6.92 Å². The van der Waals surface area contributed by atoms with Gasteiger partial charge in [-0.15, -0.1) is 0 Å². The Morgan fingerprint density at radius 2 is 1.80 bits per heavy atom. The highest BCUT2D eigenvalue weighted by molar-refractivity contribution is 5.86. The molecule has 0 radical (unpaired) electrons. The fourth-order valence-corrected chi connectivity index (χ4v) is 1.70. The van der Waals surface area contributed by atoms with E-state index in [4.69, 9.17) is 9.47 Å². The zero-order chi connectivity index (χ0) is 15.0. The molecule has 1 atom stereocenters. The van der Waals surface area contributed by atoms with Crippen molar-refractivity contribution in [2.24, 2.45) is 0 Å². The summed E-state index contributed by atoms with van der Waals surface area (Å²) in [5, 5.41) is 0. The lowest BCUT2D eigenvalue weighted by molar-refractivity contribution is -0.139. The van der Waals surface area contributed by atoms with E-state index in [-0.39, 0.29) is 12.1 Å². The fraction of sp³-hybridized carbons (Fsp3) is 0.471. The summed E-state index contributed by atoms with van der Waals surface area (Å²) in [5.74, 6) is -0.337. The van der Waals surface area contributed by atoms with Gasteiger partial charge in [-0.1, -0.05) is 44.7 Å². The molecule has 1 unspecified atom stereocenters. The molecule has 20 heavy (non-hydrogen) atoms. The molecule has 3 nitrogen and oxygen atoms in total. The number of rotatable bonds is 5. The summed E-state index contributed by atoms with van der Waals surface area (Å²) in [4.78, 5) is 10.7. The van der Waals surface area contributed by atoms with Crippen LogP contribution < -0.4 is 0 Å². The van der Waals surface area contributed by atoms with E-state index < -0.39 is 0 Å². The number of esters is 1. The van der Waals surface area contributed by atoms with Gasteiger partial charge in [-0.05, 0) is 30.9 Å². The molecule has 2 rings (SSSR count). The largest absolute Gasteiger partial charge is 0.459 e. The standard InChI is InChI=1S/C10H14.C7H10O3/c1-3-9-7-5-6-8-10(9)4-2;1-5(2)7(8)10-4-6-3-9-6/h5-8H,3-4H2,1-2H3;6H,1,3-4H2,2H3. The predicted molar refractivity (Wildman–Crippen MR) is 80.7 cm³/mol. The first-order valence-electron chi connectivity index (χ1n) is 7.09. The summed E-state index contributed by atoms with van der Waals surface area (Å²) in [7, 11) is 0. The van der Waals surface area contributed by atoms with Crippen molar-refractivity contribution < 1.29 is 14.3 Å². The van der Waals surface area contributed by atoms with Crippen LogP contribution in [0.5, 0.6) is 0 Å². The number of benzene rings is 1. The maximum absolute atomic E-state index is 10.7. The SMILES string of the molecule is C=C(C)C(=O)OCC1CO1.CCc1ccccc1CC. The zero-order valence-electron chi connectivity index (χ0n) is 12.6. The average Bonchev–Trinajstić information content (AvgIpc) is 3.29. The van der Waals surface area contributed by atoms with E-state index in [0.717, 1.165) is 12.8 Å². The average molecular weight is 276 g/mol. The molecule has 1 aliphatic heterocycles. The van der Waals surface area contributed by atoms with E-state index in [2.05, 4.69) is 44.7 Å². The highest BCUT2D eigenvalue weighted by atomic mass is 16.6. The highest BCUT2D eigenvalue weighted by Crippen LogP contribution is 2.09. The molecule has 1 saturated heterocycles. The van der Waals surface area contributed by atoms with Crippen LogP contribution in [0.15, 0.2) is 36.4 Å². The molecule has 0 aliphatic carbocycles. The molecule has 0 bridgehead atoms. The van der Waals surface area contributed by atoms with Gasteiger partial charge < -0.3 is 9.47 Å². The van der Waals surface area contributed by atoms with Gasteiger partial charge in [-0.2, -0.15) is 0 Å². The fourth-order valence-electron chi connectivity index (χ4n) is 1.70. The van der Waals surface area contributed by atoms with Gasteiger partial charge in [-0.25, -0.2) is 4.79 Å². The lowest BCUT2D eigenvalue weighted by atomic mass is 10.0. The van der Waals surface area contributed by atoms with Crippen LogP contribution in [-0.4, -0.2) is 25.3 Å². The molecular formula is C17H24O3. The van der Waals surface area contributed by atoms with E-state index in [9.17, 15) is 4.79 Å². The van der Waals surface area contributed by atoms with Crippen molar-refractivity contribution >= 4 is 5.97 Å². The minimum Gasteiger partial charge on any atom is -0.459 e. The summed E-state index contributed by atoms with van der Waals surface area (Å²) in [6, 6.07) is 8.63. The topological polar surface area (TPSA) is 38.8 Å². The van der Waals surface area contributed by atoms with Gasteiger partial charge in [0.1, 0.15) is 12.7 Å². The minimum atomic E-state index is -0.337. The Balaban J connectivity index is 0.000000200. The van der Waals surface area contributed by atoms with E-state index in [0.29, 0.717) is 18.8 Å². The molecule has 1 fully saturated rings. The van der Waals surface area contributed by atoms with Crippen molar-refractivity contribution in [2.75, 3.05) is 13.2 Å². The molecule has 1 heterocycles. The normalized spacial score (nSPS) is 15.8. The minimum absolute atomic E-state index is 0.142. The first-order valence-corrected chi connectivity index (χ1v) is 7.09. The molecule has 1 aromatic rings. The maximum atomic E-state index is 10.7. The third kappa shape index (κ3) is 6.02. The van der Waals surface area contributed by atoms with Crippen LogP contribution in [0.4, 0.5) is 0 Å². The first-order chi connectivity index (χ1) is 9.58. The summed E-state index contributed by atoms with van der Waals surface area (Å²) < 4.78 is 9.60. The Morgan fingerprint density at radius 1 is 1.30 bits per heavy atom. The number of carbonyl (C=O) groups is 1. The summed E-state index contributed by atoms with van der Waals surface area (Å²) in [6.45, 7) is 10.5. The smallest absolute Gasteiger partial charge is 0.333 e. The second kappa shape index (κ2) is 8.54. The third-order valence-corrected chi connectivity index (χ3v) is 3.03. The van der Waals surface area contributed by atoms with Crippen LogP contribution in [0, 0.1) is 0 Å². The molecule has 0 saturated carbocycles. The summed E-state index contributed by atoms with van der Waals surface area (Å²) in [6.07, 6.45) is 2.46. The monoisotopic (exact) mass is 276 g/mol. The second-order valence-corrected chi connectivity index (χ2v) is 4.81. The number of epoxide rings is 1. The molecule has 110 valence electrons. The van der Waals surface area contributed by atoms with Crippen LogP contribution in [0.1, 0.15) is 31.9 Å². The van der Waals surface area contributed by atoms with Gasteiger partial charge in [0, 0.05) is 5.57 Å². The molecule has 0 amide bonds. The molecular weight excluding hydrogens is 252 g/mol. The van der Waals surface area contributed by atoms with Crippen LogP contribution in [0.3, 0.4) is 0 Å². The number of hydrogen-bond donors (Lipinski definition) is 0. The van der Waals surface area contributed by atoms with Crippen molar-refractivity contribution in [3.8, 4) is 0 Å². The van der Waals surface area contributed by atoms with Crippen molar-refractivity contribution in [3.63, 3.8) is 0 Å². The number of ether oxygens (including phenoxy) is 2. The number of hydrogen-bond acceptors (Lipinski definition) is 3. The van der Waals surface area contributed by atoms with Gasteiger partial charge in [0.05, 0.1) is 6.61 Å². The van der Waals surface area contributed by atoms with Crippen molar-refractivity contribution in [3.05, 3.63) is 47.5 Å². The lowest BCUT2D eigenvalue weighted by Gasteiger charge is -2.02. The van der Waals surface area contributed by atoms with Gasteiger partial charge in [0.15, 0.2) is 0 Å². The van der Waals surface area contributed by atoms with Crippen molar-refractivity contribution in [2.45, 2.75) is 39.7 Å². The van der Waals surface area contributed by atoms with Gasteiger partial charge >= 0.3 is 5.97 Å². The number of carbonyl (C=O) groups excluding carboxylic acids is 1. The van der Waals surface area contributed by atoms with Crippen LogP contribution >= 0.6 is 0 Å². The Bertz CT molecular complexity index is 424. The molecule has 0 N–H and O–H groups in total. The van der Waals surface area contributed by atoms with Crippen molar-refractivity contribution in [1.82, 2.24) is 0 Å². The van der Waals surface area contributed by atoms with E-state index in [1.807, 2.05) is 0 Å². The quantitative estimate of drug-likeness (QED) is 0.470. The Hall–Kier alpha value is -1.61. The molecule has 0 spiro atoms. The Kier molecular flexibility index (Phi) is 7.02. The van der Waals surface area contributed by atoms with Crippen LogP contribution in [0.2, 0.25) is 0 Å². The van der Waals surface area contributed by atoms with Crippen LogP contribution in [0.25, 0.3) is 0 Å². The molecule has 0 aromatic heterocycles. The van der Waals surface area contributed by atoms with Gasteiger partial charge in [0.2, 0.25) is 0 Å². The summed E-state index contributed by atoms with van der Waals surface area (Å²) >= 11 is 0. The Morgan fingerprint density at radius 3 is 2.15 bits per heavy atom. The van der Waals surface area contributed by atoms with Crippen molar-refractivity contribution in [1.29, 1.82) is 0 Å². The van der Waals surface area contributed by atoms with E-state index >= 15 is 0 Å². The Labute approximate surface area is 121 Å². The molecule has 1 aliphatic rings. The molecule has 1 aromatic carbocycles. The summed E-state index contributed by atoms with van der Waals surface area (Å²) in [5.41, 5.74) is 3.41.